The number of methoxy groups -OCH3 is 1. The summed E-state index contributed by atoms with van der Waals surface area (Å²) >= 11 is 0. The molecule has 0 aliphatic carbocycles. The van der Waals surface area contributed by atoms with Gasteiger partial charge in [0.1, 0.15) is 11.5 Å². The lowest BCUT2D eigenvalue weighted by atomic mass is 9.89. The summed E-state index contributed by atoms with van der Waals surface area (Å²) in [5.74, 6) is 0.913. The van der Waals surface area contributed by atoms with E-state index in [1.807, 2.05) is 29.2 Å². The Balaban J connectivity index is 1.60. The van der Waals surface area contributed by atoms with Gasteiger partial charge in [-0.05, 0) is 23.8 Å². The number of carbonyl (C=O) groups excluding carboxylic acids is 2. The summed E-state index contributed by atoms with van der Waals surface area (Å²) in [7, 11) is 5.14. The van der Waals surface area contributed by atoms with Gasteiger partial charge in [-0.3, -0.25) is 9.78 Å². The van der Waals surface area contributed by atoms with Crippen LogP contribution in [0.2, 0.25) is 0 Å². The molecule has 0 spiro atoms. The highest BCUT2D eigenvalue weighted by atomic mass is 16.5. The first-order chi connectivity index (χ1) is 14.4. The number of hydrogen-bond acceptors (Lipinski definition) is 5. The van der Waals surface area contributed by atoms with Crippen LogP contribution in [0.15, 0.2) is 42.7 Å². The second-order valence-corrected chi connectivity index (χ2v) is 8.11. The number of hydrogen-bond donors (Lipinski definition) is 1. The zero-order chi connectivity index (χ0) is 21.4. The highest BCUT2D eigenvalue weighted by Crippen LogP contribution is 2.45. The summed E-state index contributed by atoms with van der Waals surface area (Å²) in [4.78, 5) is 35.0. The van der Waals surface area contributed by atoms with Crippen molar-refractivity contribution in [2.75, 3.05) is 40.8 Å². The van der Waals surface area contributed by atoms with Gasteiger partial charge in [-0.15, -0.1) is 0 Å². The maximum absolute atomic E-state index is 13.0. The molecule has 3 heterocycles. The number of aromatic nitrogens is 1. The van der Waals surface area contributed by atoms with E-state index in [0.29, 0.717) is 25.2 Å². The van der Waals surface area contributed by atoms with Gasteiger partial charge in [-0.1, -0.05) is 12.1 Å². The molecule has 2 aliphatic heterocycles. The first kappa shape index (κ1) is 20.0. The van der Waals surface area contributed by atoms with Gasteiger partial charge in [0.15, 0.2) is 0 Å². The van der Waals surface area contributed by atoms with Crippen LogP contribution in [0.25, 0.3) is 0 Å². The zero-order valence-corrected chi connectivity index (χ0v) is 17.4. The third kappa shape index (κ3) is 3.53. The molecule has 1 aromatic heterocycles. The predicted molar refractivity (Wildman–Crippen MR) is 110 cm³/mol. The zero-order valence-electron chi connectivity index (χ0n) is 17.4. The average Bonchev–Trinajstić information content (AvgIpc) is 3.30. The molecule has 158 valence electrons. The van der Waals surface area contributed by atoms with Gasteiger partial charge in [0.05, 0.1) is 24.9 Å². The number of carbonyl (C=O) groups is 2. The lowest BCUT2D eigenvalue weighted by Crippen LogP contribution is -2.42. The minimum absolute atomic E-state index is 0.0275. The van der Waals surface area contributed by atoms with Crippen LogP contribution in [-0.2, 0) is 0 Å². The second-order valence-electron chi connectivity index (χ2n) is 8.11. The van der Waals surface area contributed by atoms with Crippen molar-refractivity contribution in [1.29, 1.82) is 0 Å². The normalized spacial score (nSPS) is 22.7. The molecule has 2 fully saturated rings. The molecule has 4 rings (SSSR count). The molecule has 0 unspecified atom stereocenters. The van der Waals surface area contributed by atoms with E-state index in [0.717, 1.165) is 11.3 Å². The summed E-state index contributed by atoms with van der Waals surface area (Å²) in [6, 6.07) is 9.08. The number of benzene rings is 1. The van der Waals surface area contributed by atoms with Gasteiger partial charge in [-0.25, -0.2) is 4.79 Å². The van der Waals surface area contributed by atoms with Crippen LogP contribution < -0.4 is 4.74 Å². The number of nitrogens with zero attached hydrogens (tertiary/aromatic N) is 4. The number of ether oxygens (including phenoxy) is 1. The smallest absolute Gasteiger partial charge is 0.320 e. The summed E-state index contributed by atoms with van der Waals surface area (Å²) in [5.41, 5.74) is 1.41. The molecule has 2 saturated heterocycles. The Morgan fingerprint density at radius 1 is 1.13 bits per heavy atom. The first-order valence-corrected chi connectivity index (χ1v) is 9.94. The van der Waals surface area contributed by atoms with Crippen LogP contribution in [0.3, 0.4) is 0 Å². The molecule has 2 aliphatic rings. The number of aromatic hydroxyl groups is 1. The summed E-state index contributed by atoms with van der Waals surface area (Å²) < 4.78 is 5.27. The van der Waals surface area contributed by atoms with Crippen LogP contribution in [0.4, 0.5) is 4.79 Å². The molecule has 30 heavy (non-hydrogen) atoms. The van der Waals surface area contributed by atoms with E-state index in [-0.39, 0.29) is 35.6 Å². The van der Waals surface area contributed by atoms with Gasteiger partial charge >= 0.3 is 6.03 Å². The number of likely N-dealkylation sites (tertiary alicyclic amines) is 2. The number of urea groups is 1. The van der Waals surface area contributed by atoms with E-state index >= 15 is 0 Å². The number of pyridine rings is 1. The van der Waals surface area contributed by atoms with Crippen molar-refractivity contribution in [3.05, 3.63) is 53.9 Å². The van der Waals surface area contributed by atoms with Crippen LogP contribution in [0.1, 0.15) is 22.0 Å². The molecule has 3 amide bonds. The fourth-order valence-corrected chi connectivity index (χ4v) is 4.62. The van der Waals surface area contributed by atoms with Gasteiger partial charge in [0.25, 0.3) is 5.91 Å². The van der Waals surface area contributed by atoms with E-state index in [2.05, 4.69) is 4.98 Å². The molecule has 0 radical (unpaired) electrons. The fraction of sp³-hybridized carbons (Fsp3) is 0.409. The van der Waals surface area contributed by atoms with E-state index in [1.165, 1.54) is 18.5 Å². The molecule has 0 saturated carbocycles. The number of fused-ring (bicyclic) bond motifs is 1. The summed E-state index contributed by atoms with van der Waals surface area (Å²) in [5, 5.41) is 9.66. The quantitative estimate of drug-likeness (QED) is 0.839. The van der Waals surface area contributed by atoms with Crippen molar-refractivity contribution < 1.29 is 19.4 Å². The average molecular weight is 410 g/mol. The second kappa shape index (κ2) is 7.85. The number of amides is 3. The molecular formula is C22H26N4O4. The molecule has 1 aromatic carbocycles. The lowest BCUT2D eigenvalue weighted by molar-refractivity contribution is 0.0765. The van der Waals surface area contributed by atoms with Crippen LogP contribution in [-0.4, -0.2) is 77.6 Å². The Labute approximate surface area is 175 Å². The SMILES string of the molecule is COc1ccc([C@H]2[C@@H]3CN(C(=O)c4cncc(O)c4)C[C@@H]3CN2C(=O)N(C)C)cc1. The van der Waals surface area contributed by atoms with Crippen molar-refractivity contribution in [2.24, 2.45) is 11.8 Å². The van der Waals surface area contributed by atoms with Gasteiger partial charge in [0.2, 0.25) is 0 Å². The topological polar surface area (TPSA) is 86.2 Å². The van der Waals surface area contributed by atoms with Crippen molar-refractivity contribution in [3.63, 3.8) is 0 Å². The van der Waals surface area contributed by atoms with Crippen LogP contribution in [0.5, 0.6) is 11.5 Å². The van der Waals surface area contributed by atoms with Crippen molar-refractivity contribution in [1.82, 2.24) is 19.7 Å². The Morgan fingerprint density at radius 2 is 1.87 bits per heavy atom. The summed E-state index contributed by atoms with van der Waals surface area (Å²) in [6.45, 7) is 1.72. The Kier molecular flexibility index (Phi) is 5.24. The minimum Gasteiger partial charge on any atom is -0.506 e. The van der Waals surface area contributed by atoms with E-state index < -0.39 is 0 Å². The highest BCUT2D eigenvalue weighted by Gasteiger charge is 2.50. The molecule has 8 heteroatoms. The Bertz CT molecular complexity index is 946. The largest absolute Gasteiger partial charge is 0.506 e. The van der Waals surface area contributed by atoms with Crippen molar-refractivity contribution in [2.45, 2.75) is 6.04 Å². The highest BCUT2D eigenvalue weighted by molar-refractivity contribution is 5.94. The lowest BCUT2D eigenvalue weighted by Gasteiger charge is -2.32. The maximum Gasteiger partial charge on any atom is 0.320 e. The molecular weight excluding hydrogens is 384 g/mol. The van der Waals surface area contributed by atoms with E-state index in [9.17, 15) is 14.7 Å². The Hall–Kier alpha value is -3.29. The third-order valence-corrected chi connectivity index (χ3v) is 6.01. The van der Waals surface area contributed by atoms with Crippen molar-refractivity contribution >= 4 is 11.9 Å². The molecule has 0 bridgehead atoms. The van der Waals surface area contributed by atoms with Crippen LogP contribution in [0, 0.1) is 11.8 Å². The molecule has 2 aromatic rings. The van der Waals surface area contributed by atoms with Gasteiger partial charge < -0.3 is 24.5 Å². The first-order valence-electron chi connectivity index (χ1n) is 9.94. The Morgan fingerprint density at radius 3 is 2.50 bits per heavy atom. The third-order valence-electron chi connectivity index (χ3n) is 6.01. The van der Waals surface area contributed by atoms with Crippen LogP contribution >= 0.6 is 0 Å². The standard InChI is InChI=1S/C22H26N4O4/c1-24(2)22(29)26-12-16-11-25(21(28)15-8-17(27)10-23-9-15)13-19(16)20(26)14-4-6-18(30-3)7-5-14/h4-10,16,19-20,27H,11-13H2,1-3H3/t16-,19-,20+/m1/s1. The van der Waals surface area contributed by atoms with Crippen molar-refractivity contribution in [3.8, 4) is 11.5 Å². The monoisotopic (exact) mass is 410 g/mol. The van der Waals surface area contributed by atoms with E-state index in [1.54, 1.807) is 31.0 Å². The fourth-order valence-electron chi connectivity index (χ4n) is 4.62. The van der Waals surface area contributed by atoms with Gasteiger partial charge in [-0.2, -0.15) is 0 Å². The molecule has 1 N–H and O–H groups in total. The minimum atomic E-state index is -0.147. The number of rotatable bonds is 3. The maximum atomic E-state index is 13.0. The molecule has 8 nitrogen and oxygen atoms in total. The van der Waals surface area contributed by atoms with E-state index in [4.69, 9.17) is 4.74 Å². The molecule has 3 atom stereocenters. The van der Waals surface area contributed by atoms with Gasteiger partial charge in [0, 0.05) is 51.8 Å². The predicted octanol–water partition coefficient (Wildman–Crippen LogP) is 2.22. The summed E-state index contributed by atoms with van der Waals surface area (Å²) in [6.07, 6.45) is 2.78.